The van der Waals surface area contributed by atoms with Crippen LogP contribution in [0.2, 0.25) is 0 Å². The van der Waals surface area contributed by atoms with Crippen LogP contribution in [0.3, 0.4) is 0 Å². The molecule has 0 saturated heterocycles. The van der Waals surface area contributed by atoms with Gasteiger partial charge in [-0.15, -0.1) is 0 Å². The van der Waals surface area contributed by atoms with Gasteiger partial charge in [0, 0.05) is 7.05 Å². The summed E-state index contributed by atoms with van der Waals surface area (Å²) in [6.45, 7) is 1.82. The maximum Gasteiger partial charge on any atom is 0.270 e. The third-order valence-corrected chi connectivity index (χ3v) is 2.48. The van der Waals surface area contributed by atoms with E-state index in [0.717, 1.165) is 5.69 Å². The third-order valence-electron chi connectivity index (χ3n) is 2.48. The average molecular weight is 246 g/mol. The number of aromatic nitrogens is 4. The highest BCUT2D eigenvalue weighted by Gasteiger charge is 2.14. The Morgan fingerprint density at radius 1 is 1.39 bits per heavy atom. The topological polar surface area (TPSA) is 95.6 Å². The van der Waals surface area contributed by atoms with Gasteiger partial charge >= 0.3 is 0 Å². The lowest BCUT2D eigenvalue weighted by atomic mass is 10.2. The minimum Gasteiger partial charge on any atom is -0.387 e. The van der Waals surface area contributed by atoms with Gasteiger partial charge in [0.2, 0.25) is 0 Å². The maximum atomic E-state index is 11.9. The normalized spacial score (nSPS) is 11.9. The van der Waals surface area contributed by atoms with Gasteiger partial charge in [0.15, 0.2) is 0 Å². The molecule has 0 spiro atoms. The van der Waals surface area contributed by atoms with Crippen LogP contribution in [0.15, 0.2) is 24.7 Å². The second-order valence-electron chi connectivity index (χ2n) is 3.75. The molecule has 0 radical (unpaired) electrons. The molecule has 2 heterocycles. The number of carbonyl (C=O) groups excluding carboxylic acids is 1. The molecule has 0 saturated carbocycles. The van der Waals surface area contributed by atoms with E-state index in [1.165, 1.54) is 6.33 Å². The van der Waals surface area contributed by atoms with Crippen molar-refractivity contribution < 1.29 is 4.79 Å². The molecule has 0 fully saturated rings. The summed E-state index contributed by atoms with van der Waals surface area (Å²) in [6, 6.07) is 3.21. The fraction of sp³-hybridized carbons (Fsp3) is 0.273. The van der Waals surface area contributed by atoms with Crippen molar-refractivity contribution in [3.05, 3.63) is 36.2 Å². The number of nitrogens with zero attached hydrogens (tertiary/aromatic N) is 3. The molecule has 2 aromatic rings. The monoisotopic (exact) mass is 246 g/mol. The Bertz CT molecular complexity index is 507. The molecular formula is C11H14N6O. The zero-order valence-corrected chi connectivity index (χ0v) is 10.1. The summed E-state index contributed by atoms with van der Waals surface area (Å²) < 4.78 is 0. The van der Waals surface area contributed by atoms with Crippen LogP contribution in [-0.2, 0) is 0 Å². The highest BCUT2D eigenvalue weighted by Crippen LogP contribution is 2.08. The van der Waals surface area contributed by atoms with E-state index in [4.69, 9.17) is 0 Å². The second kappa shape index (κ2) is 5.26. The summed E-state index contributed by atoms with van der Waals surface area (Å²) in [5, 5.41) is 12.2. The summed E-state index contributed by atoms with van der Waals surface area (Å²) in [5.74, 6) is 0.358. The van der Waals surface area contributed by atoms with Crippen LogP contribution >= 0.6 is 0 Å². The minimum absolute atomic E-state index is 0.245. The number of rotatable bonds is 4. The molecule has 7 nitrogen and oxygen atoms in total. The molecule has 7 heteroatoms. The lowest BCUT2D eigenvalue weighted by molar-refractivity contribution is 0.0933. The standard InChI is InChI=1S/C11H14N6O/c1-7(10-14-6-15-17-10)16-11(18)9-4-3-8(12-2)5-13-9/h3-7,12H,1-2H3,(H,16,18)(H,14,15,17). The Labute approximate surface area is 104 Å². The third kappa shape index (κ3) is 2.62. The van der Waals surface area contributed by atoms with Crippen molar-refractivity contribution in [2.45, 2.75) is 13.0 Å². The molecule has 94 valence electrons. The zero-order valence-electron chi connectivity index (χ0n) is 10.1. The fourth-order valence-electron chi connectivity index (χ4n) is 1.44. The molecule has 1 amide bonds. The van der Waals surface area contributed by atoms with Crippen LogP contribution in [0.1, 0.15) is 29.3 Å². The van der Waals surface area contributed by atoms with Crippen LogP contribution in [0, 0.1) is 0 Å². The Morgan fingerprint density at radius 3 is 2.78 bits per heavy atom. The first-order chi connectivity index (χ1) is 8.70. The summed E-state index contributed by atoms with van der Waals surface area (Å²) in [4.78, 5) is 19.9. The number of anilines is 1. The maximum absolute atomic E-state index is 11.9. The average Bonchev–Trinajstić information content (AvgIpc) is 2.92. The predicted molar refractivity (Wildman–Crippen MR) is 66.0 cm³/mol. The lowest BCUT2D eigenvalue weighted by Crippen LogP contribution is -2.28. The second-order valence-corrected chi connectivity index (χ2v) is 3.75. The van der Waals surface area contributed by atoms with E-state index in [1.54, 1.807) is 25.4 Å². The lowest BCUT2D eigenvalue weighted by Gasteiger charge is -2.10. The molecule has 0 aliphatic heterocycles. The van der Waals surface area contributed by atoms with Gasteiger partial charge in [-0.1, -0.05) is 0 Å². The zero-order chi connectivity index (χ0) is 13.0. The van der Waals surface area contributed by atoms with Gasteiger partial charge in [0.1, 0.15) is 17.8 Å². The molecule has 0 bridgehead atoms. The van der Waals surface area contributed by atoms with Crippen molar-refractivity contribution in [1.82, 2.24) is 25.5 Å². The largest absolute Gasteiger partial charge is 0.387 e. The summed E-state index contributed by atoms with van der Waals surface area (Å²) in [5.41, 5.74) is 1.22. The van der Waals surface area contributed by atoms with Crippen molar-refractivity contribution in [1.29, 1.82) is 0 Å². The van der Waals surface area contributed by atoms with Gasteiger partial charge in [-0.25, -0.2) is 9.97 Å². The summed E-state index contributed by atoms with van der Waals surface area (Å²) in [7, 11) is 1.79. The Kier molecular flexibility index (Phi) is 3.52. The number of amides is 1. The Balaban J connectivity index is 2.03. The number of pyridine rings is 1. The van der Waals surface area contributed by atoms with Gasteiger partial charge in [-0.05, 0) is 19.1 Å². The predicted octanol–water partition coefficient (Wildman–Crippen LogP) is 0.732. The molecule has 1 unspecified atom stereocenters. The van der Waals surface area contributed by atoms with Gasteiger partial charge < -0.3 is 10.6 Å². The van der Waals surface area contributed by atoms with E-state index < -0.39 is 0 Å². The molecule has 0 aliphatic carbocycles. The highest BCUT2D eigenvalue weighted by molar-refractivity contribution is 5.92. The van der Waals surface area contributed by atoms with Crippen molar-refractivity contribution in [3.63, 3.8) is 0 Å². The molecule has 1 atom stereocenters. The van der Waals surface area contributed by atoms with Crippen LogP contribution in [0.25, 0.3) is 0 Å². The SMILES string of the molecule is CNc1ccc(C(=O)NC(C)c2ncn[nH]2)nc1. The van der Waals surface area contributed by atoms with Gasteiger partial charge in [0.05, 0.1) is 17.9 Å². The van der Waals surface area contributed by atoms with E-state index in [1.807, 2.05) is 6.92 Å². The van der Waals surface area contributed by atoms with E-state index in [0.29, 0.717) is 11.5 Å². The van der Waals surface area contributed by atoms with Crippen LogP contribution < -0.4 is 10.6 Å². The number of aromatic amines is 1. The van der Waals surface area contributed by atoms with Crippen molar-refractivity contribution in [2.75, 3.05) is 12.4 Å². The van der Waals surface area contributed by atoms with Crippen LogP contribution in [-0.4, -0.2) is 33.1 Å². The van der Waals surface area contributed by atoms with Gasteiger partial charge in [-0.2, -0.15) is 5.10 Å². The summed E-state index contributed by atoms with van der Waals surface area (Å²) >= 11 is 0. The molecular weight excluding hydrogens is 232 g/mol. The first-order valence-electron chi connectivity index (χ1n) is 5.50. The molecule has 3 N–H and O–H groups in total. The van der Waals surface area contributed by atoms with E-state index in [9.17, 15) is 4.79 Å². The van der Waals surface area contributed by atoms with Crippen molar-refractivity contribution in [3.8, 4) is 0 Å². The summed E-state index contributed by atoms with van der Waals surface area (Å²) in [6.07, 6.45) is 3.01. The molecule has 2 rings (SSSR count). The smallest absolute Gasteiger partial charge is 0.270 e. The fourth-order valence-corrected chi connectivity index (χ4v) is 1.44. The van der Waals surface area contributed by atoms with Crippen molar-refractivity contribution in [2.24, 2.45) is 0 Å². The molecule has 18 heavy (non-hydrogen) atoms. The first-order valence-corrected chi connectivity index (χ1v) is 5.50. The number of hydrogen-bond acceptors (Lipinski definition) is 5. The quantitative estimate of drug-likeness (QED) is 0.739. The molecule has 0 aromatic carbocycles. The first kappa shape index (κ1) is 12.0. The van der Waals surface area contributed by atoms with Gasteiger partial charge in [-0.3, -0.25) is 9.89 Å². The minimum atomic E-state index is -0.249. The van der Waals surface area contributed by atoms with E-state index in [-0.39, 0.29) is 11.9 Å². The number of hydrogen-bond donors (Lipinski definition) is 3. The highest BCUT2D eigenvalue weighted by atomic mass is 16.1. The number of carbonyl (C=O) groups is 1. The van der Waals surface area contributed by atoms with E-state index in [2.05, 4.69) is 30.8 Å². The van der Waals surface area contributed by atoms with Crippen LogP contribution in [0.5, 0.6) is 0 Å². The Hall–Kier alpha value is -2.44. The van der Waals surface area contributed by atoms with Gasteiger partial charge in [0.25, 0.3) is 5.91 Å². The number of H-pyrrole nitrogens is 1. The molecule has 2 aromatic heterocycles. The number of nitrogens with one attached hydrogen (secondary N) is 3. The van der Waals surface area contributed by atoms with Crippen LogP contribution in [0.4, 0.5) is 5.69 Å². The van der Waals surface area contributed by atoms with Crippen molar-refractivity contribution >= 4 is 11.6 Å². The van der Waals surface area contributed by atoms with E-state index >= 15 is 0 Å². The molecule has 0 aliphatic rings. The Morgan fingerprint density at radius 2 is 2.22 bits per heavy atom.